The second kappa shape index (κ2) is 7.76. The lowest BCUT2D eigenvalue weighted by atomic mass is 10.2. The number of amides is 2. The molecule has 0 unspecified atom stereocenters. The third kappa shape index (κ3) is 4.42. The average Bonchev–Trinajstić information content (AvgIpc) is 2.60. The molecule has 0 saturated carbocycles. The maximum atomic E-state index is 12.3. The van der Waals surface area contributed by atoms with Gasteiger partial charge < -0.3 is 10.2 Å². The Bertz CT molecular complexity index is 718. The fourth-order valence-electron chi connectivity index (χ4n) is 2.09. The van der Waals surface area contributed by atoms with Crippen LogP contribution < -0.4 is 5.32 Å². The molecule has 2 rings (SSSR count). The molecule has 0 aromatic heterocycles. The summed E-state index contributed by atoms with van der Waals surface area (Å²) in [7, 11) is 0. The van der Waals surface area contributed by atoms with Crippen molar-refractivity contribution in [2.45, 2.75) is 13.5 Å². The van der Waals surface area contributed by atoms with Crippen LogP contribution in [-0.2, 0) is 16.1 Å². The number of nitriles is 1. The van der Waals surface area contributed by atoms with E-state index in [9.17, 15) is 9.59 Å². The van der Waals surface area contributed by atoms with Gasteiger partial charge in [0.1, 0.15) is 0 Å². The van der Waals surface area contributed by atoms with Crippen LogP contribution >= 0.6 is 0 Å². The van der Waals surface area contributed by atoms with Gasteiger partial charge in [0.05, 0.1) is 11.6 Å². The Morgan fingerprint density at radius 1 is 1.09 bits per heavy atom. The summed E-state index contributed by atoms with van der Waals surface area (Å²) >= 11 is 0. The molecule has 0 atom stereocenters. The fourth-order valence-corrected chi connectivity index (χ4v) is 2.09. The van der Waals surface area contributed by atoms with Crippen molar-refractivity contribution in [3.05, 3.63) is 65.7 Å². The molecule has 2 amide bonds. The summed E-state index contributed by atoms with van der Waals surface area (Å²) in [5, 5.41) is 11.3. The van der Waals surface area contributed by atoms with Crippen molar-refractivity contribution in [1.29, 1.82) is 5.26 Å². The predicted octanol–water partition coefficient (Wildman–Crippen LogP) is 2.55. The number of hydrogen-bond acceptors (Lipinski definition) is 3. The van der Waals surface area contributed by atoms with E-state index >= 15 is 0 Å². The highest BCUT2D eigenvalue weighted by Gasteiger charge is 2.20. The lowest BCUT2D eigenvalue weighted by molar-refractivity contribution is -0.143. The normalized spacial score (nSPS) is 9.74. The molecule has 2 aromatic carbocycles. The van der Waals surface area contributed by atoms with Gasteiger partial charge in [0, 0.05) is 18.8 Å². The van der Waals surface area contributed by atoms with E-state index in [2.05, 4.69) is 5.32 Å². The highest BCUT2D eigenvalue weighted by atomic mass is 16.2. The number of rotatable bonds is 4. The molecule has 5 heteroatoms. The summed E-state index contributed by atoms with van der Waals surface area (Å²) in [6.07, 6.45) is 0. The van der Waals surface area contributed by atoms with Gasteiger partial charge in [0.15, 0.2) is 0 Å². The minimum Gasteiger partial charge on any atom is -0.330 e. The second-order valence-electron chi connectivity index (χ2n) is 4.95. The third-order valence-electron chi connectivity index (χ3n) is 3.35. The molecule has 116 valence electrons. The number of carbonyl (C=O) groups excluding carboxylic acids is 2. The quantitative estimate of drug-likeness (QED) is 0.882. The van der Waals surface area contributed by atoms with Crippen LogP contribution in [0.2, 0.25) is 0 Å². The van der Waals surface area contributed by atoms with Crippen LogP contribution in [0.5, 0.6) is 0 Å². The Kier molecular flexibility index (Phi) is 5.48. The van der Waals surface area contributed by atoms with Gasteiger partial charge in [-0.15, -0.1) is 0 Å². The van der Waals surface area contributed by atoms with Crippen LogP contribution in [0.25, 0.3) is 0 Å². The van der Waals surface area contributed by atoms with Gasteiger partial charge >= 0.3 is 11.8 Å². The number of carbonyl (C=O) groups is 2. The van der Waals surface area contributed by atoms with Crippen molar-refractivity contribution in [1.82, 2.24) is 4.90 Å². The number of nitrogens with zero attached hydrogens (tertiary/aromatic N) is 2. The molecule has 0 fully saturated rings. The van der Waals surface area contributed by atoms with E-state index in [0.717, 1.165) is 5.56 Å². The van der Waals surface area contributed by atoms with Gasteiger partial charge in [0.25, 0.3) is 0 Å². The third-order valence-corrected chi connectivity index (χ3v) is 3.35. The van der Waals surface area contributed by atoms with Crippen molar-refractivity contribution >= 4 is 17.5 Å². The number of nitrogens with one attached hydrogen (secondary N) is 1. The highest BCUT2D eigenvalue weighted by molar-refractivity contribution is 6.39. The molecule has 0 saturated heterocycles. The van der Waals surface area contributed by atoms with Crippen LogP contribution in [0.1, 0.15) is 18.1 Å². The molecule has 0 aliphatic carbocycles. The van der Waals surface area contributed by atoms with E-state index in [1.807, 2.05) is 43.3 Å². The summed E-state index contributed by atoms with van der Waals surface area (Å²) in [5.74, 6) is -1.27. The Morgan fingerprint density at radius 2 is 1.74 bits per heavy atom. The summed E-state index contributed by atoms with van der Waals surface area (Å²) in [4.78, 5) is 25.8. The smallest absolute Gasteiger partial charge is 0.313 e. The van der Waals surface area contributed by atoms with Crippen LogP contribution in [0, 0.1) is 11.3 Å². The molecule has 1 N–H and O–H groups in total. The molecule has 0 spiro atoms. The maximum absolute atomic E-state index is 12.3. The van der Waals surface area contributed by atoms with E-state index in [1.54, 1.807) is 24.3 Å². The maximum Gasteiger partial charge on any atom is 0.313 e. The molecule has 0 bridgehead atoms. The number of benzene rings is 2. The van der Waals surface area contributed by atoms with Crippen LogP contribution in [0.4, 0.5) is 5.69 Å². The first-order valence-corrected chi connectivity index (χ1v) is 7.28. The molecule has 5 nitrogen and oxygen atoms in total. The minimum absolute atomic E-state index is 0.386. The van der Waals surface area contributed by atoms with Crippen LogP contribution in [0.3, 0.4) is 0 Å². The zero-order valence-electron chi connectivity index (χ0n) is 12.8. The molecule has 0 aliphatic rings. The lowest BCUT2D eigenvalue weighted by Gasteiger charge is -2.20. The largest absolute Gasteiger partial charge is 0.330 e. The molecular formula is C18H17N3O2. The van der Waals surface area contributed by atoms with Crippen LogP contribution in [-0.4, -0.2) is 23.3 Å². The monoisotopic (exact) mass is 307 g/mol. The Morgan fingerprint density at radius 3 is 2.30 bits per heavy atom. The van der Waals surface area contributed by atoms with Gasteiger partial charge in [-0.1, -0.05) is 30.3 Å². The molecule has 0 radical (unpaired) electrons. The molecule has 2 aromatic rings. The standard InChI is InChI=1S/C18H17N3O2/c1-2-21(13-15-6-4-3-5-7-15)18(23)17(22)20-16-10-8-14(12-19)9-11-16/h3-11H,2,13H2,1H3,(H,20,22). The van der Waals surface area contributed by atoms with Gasteiger partial charge in [-0.05, 0) is 36.8 Å². The van der Waals surface area contributed by atoms with Gasteiger partial charge in [-0.3, -0.25) is 9.59 Å². The number of likely N-dealkylation sites (N-methyl/N-ethyl adjacent to an activating group) is 1. The van der Waals surface area contributed by atoms with E-state index in [0.29, 0.717) is 24.3 Å². The Hall–Kier alpha value is -3.13. The van der Waals surface area contributed by atoms with Crippen molar-refractivity contribution in [2.75, 3.05) is 11.9 Å². The lowest BCUT2D eigenvalue weighted by Crippen LogP contribution is -2.39. The minimum atomic E-state index is -0.688. The summed E-state index contributed by atoms with van der Waals surface area (Å²) in [6, 6.07) is 17.9. The summed E-state index contributed by atoms with van der Waals surface area (Å²) < 4.78 is 0. The SMILES string of the molecule is CCN(Cc1ccccc1)C(=O)C(=O)Nc1ccc(C#N)cc1. The average molecular weight is 307 g/mol. The first-order valence-electron chi connectivity index (χ1n) is 7.28. The van der Waals surface area contributed by atoms with Crippen molar-refractivity contribution in [3.63, 3.8) is 0 Å². The fraction of sp³-hybridized carbons (Fsp3) is 0.167. The first kappa shape index (κ1) is 16.2. The zero-order chi connectivity index (χ0) is 16.7. The van der Waals surface area contributed by atoms with E-state index in [-0.39, 0.29) is 0 Å². The van der Waals surface area contributed by atoms with Crippen LogP contribution in [0.15, 0.2) is 54.6 Å². The van der Waals surface area contributed by atoms with Crippen molar-refractivity contribution < 1.29 is 9.59 Å². The molecule has 0 heterocycles. The first-order chi connectivity index (χ1) is 11.1. The van der Waals surface area contributed by atoms with Gasteiger partial charge in [0.2, 0.25) is 0 Å². The molecular weight excluding hydrogens is 290 g/mol. The Balaban J connectivity index is 2.01. The highest BCUT2D eigenvalue weighted by Crippen LogP contribution is 2.10. The second-order valence-corrected chi connectivity index (χ2v) is 4.95. The van der Waals surface area contributed by atoms with Crippen molar-refractivity contribution in [3.8, 4) is 6.07 Å². The van der Waals surface area contributed by atoms with E-state index in [1.165, 1.54) is 4.90 Å². The van der Waals surface area contributed by atoms with Crippen molar-refractivity contribution in [2.24, 2.45) is 0 Å². The number of hydrogen-bond donors (Lipinski definition) is 1. The summed E-state index contributed by atoms with van der Waals surface area (Å²) in [6.45, 7) is 2.65. The van der Waals surface area contributed by atoms with Gasteiger partial charge in [-0.2, -0.15) is 5.26 Å². The molecule has 23 heavy (non-hydrogen) atoms. The van der Waals surface area contributed by atoms with E-state index in [4.69, 9.17) is 5.26 Å². The predicted molar refractivity (Wildman–Crippen MR) is 87.3 cm³/mol. The zero-order valence-corrected chi connectivity index (χ0v) is 12.8. The topological polar surface area (TPSA) is 73.2 Å². The Labute approximate surface area is 135 Å². The van der Waals surface area contributed by atoms with Gasteiger partial charge in [-0.25, -0.2) is 0 Å². The summed E-state index contributed by atoms with van der Waals surface area (Å²) in [5.41, 5.74) is 1.94. The number of anilines is 1. The van der Waals surface area contributed by atoms with E-state index < -0.39 is 11.8 Å². The molecule has 0 aliphatic heterocycles.